The average molecular weight is 262 g/mol. The zero-order valence-corrected chi connectivity index (χ0v) is 11.7. The highest BCUT2D eigenvalue weighted by Gasteiger charge is 2.18. The fourth-order valence-corrected chi connectivity index (χ4v) is 2.47. The van der Waals surface area contributed by atoms with Crippen LogP contribution >= 0.6 is 0 Å². The summed E-state index contributed by atoms with van der Waals surface area (Å²) in [4.78, 5) is 2.34. The molecule has 19 heavy (non-hydrogen) atoms. The Morgan fingerprint density at radius 1 is 1.26 bits per heavy atom. The van der Waals surface area contributed by atoms with Crippen LogP contribution in [0.15, 0.2) is 23.4 Å². The number of aryl methyl sites for hydroxylation is 1. The number of hydrogen-bond donors (Lipinski definition) is 1. The van der Waals surface area contributed by atoms with Crippen LogP contribution in [0.2, 0.25) is 0 Å². The monoisotopic (exact) mass is 262 g/mol. The summed E-state index contributed by atoms with van der Waals surface area (Å²) in [5, 5.41) is 12.2. The van der Waals surface area contributed by atoms with Gasteiger partial charge in [0.1, 0.15) is 12.4 Å². The molecule has 0 heterocycles. The van der Waals surface area contributed by atoms with Crippen LogP contribution in [-0.4, -0.2) is 42.1 Å². The van der Waals surface area contributed by atoms with Gasteiger partial charge in [-0.3, -0.25) is 0 Å². The summed E-state index contributed by atoms with van der Waals surface area (Å²) in [5.74, 6) is 0.907. The molecule has 0 atom stereocenters. The Hall–Kier alpha value is -1.55. The van der Waals surface area contributed by atoms with Gasteiger partial charge in [-0.25, -0.2) is 0 Å². The molecule has 0 amide bonds. The van der Waals surface area contributed by atoms with Gasteiger partial charge in [0.15, 0.2) is 0 Å². The highest BCUT2D eigenvalue weighted by Crippen LogP contribution is 2.26. The molecule has 0 aromatic heterocycles. The van der Waals surface area contributed by atoms with E-state index in [9.17, 15) is 0 Å². The molecule has 0 saturated carbocycles. The van der Waals surface area contributed by atoms with E-state index in [2.05, 4.69) is 30.0 Å². The van der Waals surface area contributed by atoms with Crippen molar-refractivity contribution in [1.29, 1.82) is 0 Å². The van der Waals surface area contributed by atoms with Gasteiger partial charge >= 0.3 is 0 Å². The lowest BCUT2D eigenvalue weighted by molar-refractivity contribution is 0.222. The molecule has 0 spiro atoms. The van der Waals surface area contributed by atoms with E-state index in [1.165, 1.54) is 5.56 Å². The van der Waals surface area contributed by atoms with Crippen LogP contribution < -0.4 is 4.74 Å². The van der Waals surface area contributed by atoms with Gasteiger partial charge in [-0.1, -0.05) is 19.0 Å². The van der Waals surface area contributed by atoms with Gasteiger partial charge in [-0.2, -0.15) is 0 Å². The maximum atomic E-state index is 8.89. The molecule has 0 unspecified atom stereocenters. The lowest BCUT2D eigenvalue weighted by Gasteiger charge is -2.18. The summed E-state index contributed by atoms with van der Waals surface area (Å²) in [7, 11) is 0. The first kappa shape index (κ1) is 13.9. The average Bonchev–Trinajstić information content (AvgIpc) is 2.86. The minimum Gasteiger partial charge on any atom is -0.492 e. The Bertz CT molecular complexity index is 453. The lowest BCUT2D eigenvalue weighted by atomic mass is 10.1. The Kier molecular flexibility index (Phi) is 4.80. The van der Waals surface area contributed by atoms with Crippen LogP contribution in [0.5, 0.6) is 5.75 Å². The molecule has 1 N–H and O–H groups in total. The van der Waals surface area contributed by atoms with Crippen molar-refractivity contribution in [1.82, 2.24) is 4.90 Å². The molecular formula is C15H22N2O2. The van der Waals surface area contributed by atoms with E-state index in [4.69, 9.17) is 9.94 Å². The second-order valence-corrected chi connectivity index (χ2v) is 4.74. The number of ether oxygens (including phenoxy) is 1. The second-order valence-electron chi connectivity index (χ2n) is 4.74. The third-order valence-corrected chi connectivity index (χ3v) is 3.71. The topological polar surface area (TPSA) is 45.1 Å². The van der Waals surface area contributed by atoms with Crippen LogP contribution in [0.3, 0.4) is 0 Å². The Morgan fingerprint density at radius 3 is 2.74 bits per heavy atom. The van der Waals surface area contributed by atoms with E-state index in [-0.39, 0.29) is 0 Å². The van der Waals surface area contributed by atoms with Crippen molar-refractivity contribution in [3.05, 3.63) is 29.3 Å². The van der Waals surface area contributed by atoms with Crippen molar-refractivity contribution in [2.45, 2.75) is 26.7 Å². The zero-order chi connectivity index (χ0) is 13.7. The molecule has 1 aromatic rings. The number of fused-ring (bicyclic) bond motifs is 1. The quantitative estimate of drug-likeness (QED) is 0.633. The number of oxime groups is 1. The van der Waals surface area contributed by atoms with Gasteiger partial charge in [0, 0.05) is 12.1 Å². The largest absolute Gasteiger partial charge is 0.492 e. The first-order valence-electron chi connectivity index (χ1n) is 6.97. The van der Waals surface area contributed by atoms with Gasteiger partial charge in [0.2, 0.25) is 0 Å². The van der Waals surface area contributed by atoms with Crippen LogP contribution in [0, 0.1) is 0 Å². The van der Waals surface area contributed by atoms with E-state index in [0.717, 1.165) is 49.5 Å². The molecule has 0 fully saturated rings. The molecule has 1 aliphatic rings. The Morgan fingerprint density at radius 2 is 2.05 bits per heavy atom. The SMILES string of the molecule is CCN(CC)CCOc1ccc2c(c1)CC/C2=N\O. The van der Waals surface area contributed by atoms with Crippen molar-refractivity contribution in [3.63, 3.8) is 0 Å². The van der Waals surface area contributed by atoms with Gasteiger partial charge in [-0.05, 0) is 49.7 Å². The van der Waals surface area contributed by atoms with E-state index in [1.807, 2.05) is 12.1 Å². The molecule has 0 radical (unpaired) electrons. The predicted molar refractivity (Wildman–Crippen MR) is 76.4 cm³/mol. The first-order chi connectivity index (χ1) is 9.28. The fourth-order valence-electron chi connectivity index (χ4n) is 2.47. The molecule has 4 nitrogen and oxygen atoms in total. The molecule has 0 aliphatic heterocycles. The number of rotatable bonds is 6. The molecule has 1 aromatic carbocycles. The minimum atomic E-state index is 0.710. The summed E-state index contributed by atoms with van der Waals surface area (Å²) in [6.07, 6.45) is 1.75. The van der Waals surface area contributed by atoms with E-state index < -0.39 is 0 Å². The number of benzene rings is 1. The maximum absolute atomic E-state index is 8.89. The fraction of sp³-hybridized carbons (Fsp3) is 0.533. The molecule has 0 bridgehead atoms. The van der Waals surface area contributed by atoms with E-state index in [1.54, 1.807) is 0 Å². The van der Waals surface area contributed by atoms with Crippen LogP contribution in [0.1, 0.15) is 31.4 Å². The molecule has 1 aliphatic carbocycles. The summed E-state index contributed by atoms with van der Waals surface area (Å²) in [5.41, 5.74) is 3.05. The van der Waals surface area contributed by atoms with Gasteiger partial charge in [0.25, 0.3) is 0 Å². The van der Waals surface area contributed by atoms with Crippen molar-refractivity contribution in [3.8, 4) is 5.75 Å². The number of hydrogen-bond acceptors (Lipinski definition) is 4. The predicted octanol–water partition coefficient (Wildman–Crippen LogP) is 2.53. The lowest BCUT2D eigenvalue weighted by Crippen LogP contribution is -2.27. The van der Waals surface area contributed by atoms with Gasteiger partial charge < -0.3 is 14.8 Å². The van der Waals surface area contributed by atoms with Crippen molar-refractivity contribution < 1.29 is 9.94 Å². The first-order valence-corrected chi connectivity index (χ1v) is 6.97. The second kappa shape index (κ2) is 6.57. The Labute approximate surface area is 114 Å². The smallest absolute Gasteiger partial charge is 0.119 e. The third kappa shape index (κ3) is 3.26. The minimum absolute atomic E-state index is 0.710. The Balaban J connectivity index is 1.93. The number of nitrogens with zero attached hydrogens (tertiary/aromatic N) is 2. The number of likely N-dealkylation sites (N-methyl/N-ethyl adjacent to an activating group) is 1. The van der Waals surface area contributed by atoms with Crippen LogP contribution in [0.25, 0.3) is 0 Å². The molecule has 2 rings (SSSR count). The van der Waals surface area contributed by atoms with E-state index >= 15 is 0 Å². The highest BCUT2D eigenvalue weighted by molar-refractivity contribution is 6.04. The van der Waals surface area contributed by atoms with Crippen molar-refractivity contribution in [2.75, 3.05) is 26.2 Å². The standard InChI is InChI=1S/C15H22N2O2/c1-3-17(4-2)9-10-19-13-6-7-14-12(11-13)5-8-15(14)16-18/h6-7,11,18H,3-5,8-10H2,1-2H3/b16-15+. The molecule has 0 saturated heterocycles. The van der Waals surface area contributed by atoms with Crippen molar-refractivity contribution in [2.24, 2.45) is 5.16 Å². The van der Waals surface area contributed by atoms with Crippen molar-refractivity contribution >= 4 is 5.71 Å². The maximum Gasteiger partial charge on any atom is 0.119 e. The van der Waals surface area contributed by atoms with Gasteiger partial charge in [0.05, 0.1) is 5.71 Å². The zero-order valence-electron chi connectivity index (χ0n) is 11.7. The molecule has 104 valence electrons. The normalized spacial score (nSPS) is 16.1. The van der Waals surface area contributed by atoms with Crippen LogP contribution in [-0.2, 0) is 6.42 Å². The summed E-state index contributed by atoms with van der Waals surface area (Å²) in [6.45, 7) is 8.10. The molecular weight excluding hydrogens is 240 g/mol. The van der Waals surface area contributed by atoms with Gasteiger partial charge in [-0.15, -0.1) is 0 Å². The van der Waals surface area contributed by atoms with E-state index in [0.29, 0.717) is 6.61 Å². The highest BCUT2D eigenvalue weighted by atomic mass is 16.5. The third-order valence-electron chi connectivity index (χ3n) is 3.71. The molecule has 4 heteroatoms. The van der Waals surface area contributed by atoms with Crippen LogP contribution in [0.4, 0.5) is 0 Å². The summed E-state index contributed by atoms with van der Waals surface area (Å²) < 4.78 is 5.79. The summed E-state index contributed by atoms with van der Waals surface area (Å²) >= 11 is 0. The summed E-state index contributed by atoms with van der Waals surface area (Å²) in [6, 6.07) is 6.01.